The van der Waals surface area contributed by atoms with E-state index in [1.54, 1.807) is 12.5 Å². The van der Waals surface area contributed by atoms with Gasteiger partial charge in [-0.2, -0.15) is 0 Å². The SMILES string of the molecule is Cn1cnc(C(=O)N2CCC3(CC2)CC(CCOCc2ccccc2)CCO3)c1. The van der Waals surface area contributed by atoms with Crippen molar-refractivity contribution in [1.29, 1.82) is 0 Å². The lowest BCUT2D eigenvalue weighted by atomic mass is 9.78. The molecule has 2 fully saturated rings. The minimum absolute atomic E-state index is 0.0297. The Morgan fingerprint density at radius 2 is 2.07 bits per heavy atom. The van der Waals surface area contributed by atoms with E-state index in [1.807, 2.05) is 34.7 Å². The summed E-state index contributed by atoms with van der Waals surface area (Å²) in [5.41, 5.74) is 1.69. The van der Waals surface area contributed by atoms with Crippen molar-refractivity contribution in [2.45, 2.75) is 44.3 Å². The van der Waals surface area contributed by atoms with Gasteiger partial charge >= 0.3 is 0 Å². The molecule has 0 N–H and O–H groups in total. The van der Waals surface area contributed by atoms with Crippen LogP contribution in [-0.4, -0.2) is 52.3 Å². The Bertz CT molecular complexity index is 797. The standard InChI is InChI=1S/C23H31N3O3/c1-25-16-21(24-18-25)22(27)26-11-9-23(10-12-26)15-19(8-14-29-23)7-13-28-17-20-5-3-2-4-6-20/h2-6,16,18-19H,7-15,17H2,1H3. The van der Waals surface area contributed by atoms with Crippen molar-refractivity contribution >= 4 is 5.91 Å². The van der Waals surface area contributed by atoms with Gasteiger partial charge in [-0.25, -0.2) is 4.98 Å². The predicted octanol–water partition coefficient (Wildman–Crippen LogP) is 3.43. The van der Waals surface area contributed by atoms with Crippen molar-refractivity contribution in [3.05, 3.63) is 54.1 Å². The molecule has 1 aromatic heterocycles. The second-order valence-corrected chi connectivity index (χ2v) is 8.43. The molecule has 6 nitrogen and oxygen atoms in total. The summed E-state index contributed by atoms with van der Waals surface area (Å²) in [6, 6.07) is 10.3. The van der Waals surface area contributed by atoms with Crippen molar-refractivity contribution in [1.82, 2.24) is 14.5 Å². The monoisotopic (exact) mass is 397 g/mol. The number of nitrogens with zero attached hydrogens (tertiary/aromatic N) is 3. The zero-order valence-electron chi connectivity index (χ0n) is 17.3. The van der Waals surface area contributed by atoms with Crippen LogP contribution in [0.15, 0.2) is 42.9 Å². The molecule has 4 rings (SSSR count). The third-order valence-corrected chi connectivity index (χ3v) is 6.26. The maximum absolute atomic E-state index is 12.6. The molecule has 1 unspecified atom stereocenters. The number of aryl methyl sites for hydroxylation is 1. The van der Waals surface area contributed by atoms with Crippen molar-refractivity contribution in [2.75, 3.05) is 26.3 Å². The third-order valence-electron chi connectivity index (χ3n) is 6.26. The first-order valence-electron chi connectivity index (χ1n) is 10.7. The number of hydrogen-bond donors (Lipinski definition) is 0. The topological polar surface area (TPSA) is 56.6 Å². The zero-order chi connectivity index (χ0) is 20.1. The number of amides is 1. The largest absolute Gasteiger partial charge is 0.377 e. The molecule has 29 heavy (non-hydrogen) atoms. The highest BCUT2D eigenvalue weighted by molar-refractivity contribution is 5.92. The molecule has 0 aliphatic carbocycles. The zero-order valence-corrected chi connectivity index (χ0v) is 17.3. The second kappa shape index (κ2) is 9.09. The molecule has 3 heterocycles. The third kappa shape index (κ3) is 5.06. The van der Waals surface area contributed by atoms with Crippen LogP contribution in [-0.2, 0) is 23.1 Å². The molecule has 2 aromatic rings. The van der Waals surface area contributed by atoms with Crippen LogP contribution in [0.2, 0.25) is 0 Å². The van der Waals surface area contributed by atoms with Crippen LogP contribution in [0.3, 0.4) is 0 Å². The molecule has 0 radical (unpaired) electrons. The normalized spacial score (nSPS) is 21.4. The molecule has 2 saturated heterocycles. The van der Waals surface area contributed by atoms with Gasteiger partial charge < -0.3 is 18.9 Å². The highest BCUT2D eigenvalue weighted by Crippen LogP contribution is 2.39. The van der Waals surface area contributed by atoms with E-state index in [-0.39, 0.29) is 11.5 Å². The predicted molar refractivity (Wildman–Crippen MR) is 110 cm³/mol. The van der Waals surface area contributed by atoms with E-state index in [4.69, 9.17) is 9.47 Å². The molecule has 0 saturated carbocycles. The summed E-state index contributed by atoms with van der Waals surface area (Å²) in [7, 11) is 1.88. The molecular weight excluding hydrogens is 366 g/mol. The number of carbonyl (C=O) groups excluding carboxylic acids is 1. The van der Waals surface area contributed by atoms with Gasteiger partial charge in [0.15, 0.2) is 0 Å². The van der Waals surface area contributed by atoms with E-state index in [0.29, 0.717) is 18.2 Å². The van der Waals surface area contributed by atoms with Crippen LogP contribution in [0, 0.1) is 5.92 Å². The van der Waals surface area contributed by atoms with Gasteiger partial charge in [0, 0.05) is 39.5 Å². The molecule has 6 heteroatoms. The Hall–Kier alpha value is -2.18. The van der Waals surface area contributed by atoms with Crippen LogP contribution in [0.1, 0.15) is 48.2 Å². The summed E-state index contributed by atoms with van der Waals surface area (Å²) in [5, 5.41) is 0. The summed E-state index contributed by atoms with van der Waals surface area (Å²) in [5.74, 6) is 0.666. The first-order chi connectivity index (χ1) is 14.1. The van der Waals surface area contributed by atoms with Crippen LogP contribution in [0.4, 0.5) is 0 Å². The van der Waals surface area contributed by atoms with Gasteiger partial charge in [-0.05, 0) is 43.6 Å². The number of likely N-dealkylation sites (tertiary alicyclic amines) is 1. The van der Waals surface area contributed by atoms with Gasteiger partial charge in [-0.3, -0.25) is 4.79 Å². The number of ether oxygens (including phenoxy) is 2. The lowest BCUT2D eigenvalue weighted by Crippen LogP contribution is -2.51. The highest BCUT2D eigenvalue weighted by Gasteiger charge is 2.41. The maximum Gasteiger partial charge on any atom is 0.274 e. The fourth-order valence-electron chi connectivity index (χ4n) is 4.54. The first kappa shape index (κ1) is 20.1. The Kier molecular flexibility index (Phi) is 6.31. The summed E-state index contributed by atoms with van der Waals surface area (Å²) in [6.45, 7) is 3.77. The number of benzene rings is 1. The average molecular weight is 398 g/mol. The van der Waals surface area contributed by atoms with E-state index in [2.05, 4.69) is 17.1 Å². The molecule has 1 atom stereocenters. The number of rotatable bonds is 6. The van der Waals surface area contributed by atoms with E-state index < -0.39 is 0 Å². The molecule has 2 aliphatic heterocycles. The van der Waals surface area contributed by atoms with Crippen molar-refractivity contribution in [2.24, 2.45) is 13.0 Å². The summed E-state index contributed by atoms with van der Waals surface area (Å²) in [6.07, 6.45) is 8.54. The fourth-order valence-corrected chi connectivity index (χ4v) is 4.54. The van der Waals surface area contributed by atoms with Crippen LogP contribution in [0.25, 0.3) is 0 Å². The molecule has 0 bridgehead atoms. The lowest BCUT2D eigenvalue weighted by Gasteiger charge is -2.46. The van der Waals surface area contributed by atoms with E-state index >= 15 is 0 Å². The minimum Gasteiger partial charge on any atom is -0.377 e. The van der Waals surface area contributed by atoms with Gasteiger partial charge in [-0.15, -0.1) is 0 Å². The summed E-state index contributed by atoms with van der Waals surface area (Å²) >= 11 is 0. The van der Waals surface area contributed by atoms with Crippen LogP contribution in [0.5, 0.6) is 0 Å². The fraction of sp³-hybridized carbons (Fsp3) is 0.565. The van der Waals surface area contributed by atoms with Crippen molar-refractivity contribution < 1.29 is 14.3 Å². The Morgan fingerprint density at radius 3 is 2.79 bits per heavy atom. The highest BCUT2D eigenvalue weighted by atomic mass is 16.5. The van der Waals surface area contributed by atoms with Gasteiger partial charge in [0.05, 0.1) is 18.5 Å². The molecule has 1 spiro atoms. The Labute approximate surface area is 172 Å². The summed E-state index contributed by atoms with van der Waals surface area (Å²) in [4.78, 5) is 18.8. The number of aromatic nitrogens is 2. The lowest BCUT2D eigenvalue weighted by molar-refractivity contribution is -0.126. The van der Waals surface area contributed by atoms with Crippen molar-refractivity contribution in [3.63, 3.8) is 0 Å². The number of carbonyl (C=O) groups is 1. The minimum atomic E-state index is -0.0662. The van der Waals surface area contributed by atoms with Crippen LogP contribution < -0.4 is 0 Å². The van der Waals surface area contributed by atoms with Gasteiger partial charge in [0.1, 0.15) is 5.69 Å². The van der Waals surface area contributed by atoms with Gasteiger partial charge in [-0.1, -0.05) is 30.3 Å². The van der Waals surface area contributed by atoms with Crippen LogP contribution >= 0.6 is 0 Å². The average Bonchev–Trinajstić information content (AvgIpc) is 3.19. The van der Waals surface area contributed by atoms with E-state index in [0.717, 1.165) is 58.4 Å². The van der Waals surface area contributed by atoms with Gasteiger partial charge in [0.25, 0.3) is 5.91 Å². The first-order valence-corrected chi connectivity index (χ1v) is 10.7. The molecule has 2 aliphatic rings. The molecule has 1 aromatic carbocycles. The molecule has 156 valence electrons. The quantitative estimate of drug-likeness (QED) is 0.701. The Balaban J connectivity index is 1.22. The number of imidazole rings is 1. The van der Waals surface area contributed by atoms with E-state index in [1.165, 1.54) is 5.56 Å². The smallest absolute Gasteiger partial charge is 0.274 e. The molecular formula is C23H31N3O3. The molecule has 1 amide bonds. The van der Waals surface area contributed by atoms with Gasteiger partial charge in [0.2, 0.25) is 0 Å². The Morgan fingerprint density at radius 1 is 1.28 bits per heavy atom. The second-order valence-electron chi connectivity index (χ2n) is 8.43. The van der Waals surface area contributed by atoms with Crippen molar-refractivity contribution in [3.8, 4) is 0 Å². The maximum atomic E-state index is 12.6. The van der Waals surface area contributed by atoms with E-state index in [9.17, 15) is 4.79 Å². The summed E-state index contributed by atoms with van der Waals surface area (Å²) < 4.78 is 14.0. The number of hydrogen-bond acceptors (Lipinski definition) is 4. The number of piperidine rings is 1.